The van der Waals surface area contributed by atoms with Crippen LogP contribution in [0.15, 0.2) is 66.8 Å². The Morgan fingerprint density at radius 2 is 1.85 bits per heavy atom. The number of hydrogen-bond acceptors (Lipinski definition) is 7. The molecule has 0 spiro atoms. The number of hydrogen-bond donors (Lipinski definition) is 4. The van der Waals surface area contributed by atoms with Crippen LogP contribution in [-0.4, -0.2) is 48.7 Å². The molecule has 0 radical (unpaired) electrons. The van der Waals surface area contributed by atoms with Crippen LogP contribution in [0.3, 0.4) is 0 Å². The molecular formula is C23H24F2N2O7. The second-order valence-electron chi connectivity index (χ2n) is 6.64. The van der Waals surface area contributed by atoms with Crippen LogP contribution in [0, 0.1) is 11.6 Å². The quantitative estimate of drug-likeness (QED) is 0.169. The summed E-state index contributed by atoms with van der Waals surface area (Å²) in [6.07, 6.45) is 2.41. The van der Waals surface area contributed by atoms with E-state index in [1.807, 2.05) is 0 Å². The zero-order valence-corrected chi connectivity index (χ0v) is 18.1. The SMILES string of the molecule is CO[C@H](/C=C/C=C/C(=O)NO)[C@H](OC(=O)Nc1ccc(F)cc1F)c1ccc(OCCO)cc1. The van der Waals surface area contributed by atoms with E-state index in [4.69, 9.17) is 24.5 Å². The number of hydroxylamine groups is 1. The third kappa shape index (κ3) is 8.28. The minimum absolute atomic E-state index is 0.0993. The van der Waals surface area contributed by atoms with Crippen molar-refractivity contribution < 1.29 is 42.9 Å². The van der Waals surface area contributed by atoms with E-state index in [9.17, 15) is 18.4 Å². The zero-order valence-electron chi connectivity index (χ0n) is 18.1. The molecule has 2 rings (SSSR count). The first-order chi connectivity index (χ1) is 16.4. The van der Waals surface area contributed by atoms with E-state index < -0.39 is 35.8 Å². The molecule has 2 amide bonds. The summed E-state index contributed by atoms with van der Waals surface area (Å²) in [6, 6.07) is 9.07. The molecule has 182 valence electrons. The summed E-state index contributed by atoms with van der Waals surface area (Å²) >= 11 is 0. The van der Waals surface area contributed by atoms with Crippen molar-refractivity contribution in [1.82, 2.24) is 5.48 Å². The molecule has 0 bridgehead atoms. The second kappa shape index (κ2) is 13.7. The van der Waals surface area contributed by atoms with Crippen molar-refractivity contribution in [3.8, 4) is 5.75 Å². The highest BCUT2D eigenvalue weighted by Gasteiger charge is 2.26. The first-order valence-electron chi connectivity index (χ1n) is 9.96. The molecular weight excluding hydrogens is 454 g/mol. The molecule has 11 heteroatoms. The molecule has 9 nitrogen and oxygen atoms in total. The molecule has 0 aliphatic heterocycles. The number of carbonyl (C=O) groups is 2. The van der Waals surface area contributed by atoms with Gasteiger partial charge >= 0.3 is 6.09 Å². The first-order valence-corrected chi connectivity index (χ1v) is 9.96. The highest BCUT2D eigenvalue weighted by molar-refractivity contribution is 5.86. The van der Waals surface area contributed by atoms with Gasteiger partial charge in [-0.3, -0.25) is 15.3 Å². The van der Waals surface area contributed by atoms with Crippen molar-refractivity contribution in [2.75, 3.05) is 25.6 Å². The molecule has 0 aliphatic rings. The van der Waals surface area contributed by atoms with E-state index >= 15 is 0 Å². The van der Waals surface area contributed by atoms with Crippen molar-refractivity contribution in [2.24, 2.45) is 0 Å². The van der Waals surface area contributed by atoms with Crippen molar-refractivity contribution in [1.29, 1.82) is 0 Å². The summed E-state index contributed by atoms with van der Waals surface area (Å²) in [5.41, 5.74) is 1.65. The molecule has 0 saturated heterocycles. The Hall–Kier alpha value is -3.80. The summed E-state index contributed by atoms with van der Waals surface area (Å²) in [7, 11) is 1.37. The number of rotatable bonds is 11. The lowest BCUT2D eigenvalue weighted by Crippen LogP contribution is -2.27. The average molecular weight is 478 g/mol. The number of allylic oxidation sites excluding steroid dienone is 2. The number of aliphatic hydroxyl groups is 1. The van der Waals surface area contributed by atoms with Crippen LogP contribution in [-0.2, 0) is 14.3 Å². The molecule has 2 aromatic carbocycles. The van der Waals surface area contributed by atoms with Gasteiger partial charge in [0.1, 0.15) is 30.1 Å². The molecule has 0 heterocycles. The number of halogens is 2. The predicted molar refractivity (Wildman–Crippen MR) is 117 cm³/mol. The number of nitrogens with one attached hydrogen (secondary N) is 2. The molecule has 2 aromatic rings. The van der Waals surface area contributed by atoms with E-state index in [0.717, 1.165) is 18.2 Å². The van der Waals surface area contributed by atoms with Crippen LogP contribution in [0.25, 0.3) is 0 Å². The van der Waals surface area contributed by atoms with Crippen LogP contribution >= 0.6 is 0 Å². The van der Waals surface area contributed by atoms with Crippen molar-refractivity contribution in [2.45, 2.75) is 12.2 Å². The van der Waals surface area contributed by atoms with Crippen LogP contribution < -0.4 is 15.5 Å². The Balaban J connectivity index is 2.25. The third-order valence-corrected chi connectivity index (χ3v) is 4.31. The Morgan fingerprint density at radius 3 is 2.47 bits per heavy atom. The third-order valence-electron chi connectivity index (χ3n) is 4.31. The number of methoxy groups -OCH3 is 1. The van der Waals surface area contributed by atoms with Gasteiger partial charge in [0.2, 0.25) is 0 Å². The van der Waals surface area contributed by atoms with Gasteiger partial charge in [0, 0.05) is 19.3 Å². The maximum Gasteiger partial charge on any atom is 0.412 e. The summed E-state index contributed by atoms with van der Waals surface area (Å²) in [6.45, 7) is -0.0614. The first kappa shape index (κ1) is 26.5. The molecule has 4 N–H and O–H groups in total. The molecule has 0 aromatic heterocycles. The van der Waals surface area contributed by atoms with E-state index in [2.05, 4.69) is 5.32 Å². The maximum atomic E-state index is 13.9. The van der Waals surface area contributed by atoms with Gasteiger partial charge in [0.15, 0.2) is 6.10 Å². The Labute approximate surface area is 194 Å². The Kier molecular flexibility index (Phi) is 10.6. The lowest BCUT2D eigenvalue weighted by Gasteiger charge is -2.24. The van der Waals surface area contributed by atoms with Gasteiger partial charge < -0.3 is 19.3 Å². The second-order valence-corrected chi connectivity index (χ2v) is 6.64. The van der Waals surface area contributed by atoms with Gasteiger partial charge in [-0.25, -0.2) is 19.1 Å². The summed E-state index contributed by atoms with van der Waals surface area (Å²) in [5.74, 6) is -2.05. The van der Waals surface area contributed by atoms with Crippen LogP contribution in [0.4, 0.5) is 19.3 Å². The molecule has 0 unspecified atom stereocenters. The van der Waals surface area contributed by atoms with E-state index in [1.54, 1.807) is 24.3 Å². The summed E-state index contributed by atoms with van der Waals surface area (Å²) in [5, 5.41) is 19.6. The standard InChI is InChI=1S/C23H24F2N2O7/c1-32-20(4-2-3-5-21(29)27-31)22(15-6-9-17(10-7-15)33-13-12-28)34-23(30)26-19-11-8-16(24)14-18(19)25/h2-11,14,20,22,28,31H,12-13H2,1H3,(H,26,30)(H,27,29)/b4-2+,5-3+/t20-,22-/m1/s1. The zero-order chi connectivity index (χ0) is 24.9. The van der Waals surface area contributed by atoms with E-state index in [-0.39, 0.29) is 18.9 Å². The fourth-order valence-electron chi connectivity index (χ4n) is 2.74. The van der Waals surface area contributed by atoms with Gasteiger partial charge in [-0.1, -0.05) is 30.4 Å². The Morgan fingerprint density at radius 1 is 1.12 bits per heavy atom. The smallest absolute Gasteiger partial charge is 0.412 e. The van der Waals surface area contributed by atoms with Gasteiger partial charge in [0.05, 0.1) is 12.3 Å². The lowest BCUT2D eigenvalue weighted by molar-refractivity contribution is -0.124. The number of anilines is 1. The van der Waals surface area contributed by atoms with Gasteiger partial charge in [-0.05, 0) is 29.8 Å². The van der Waals surface area contributed by atoms with E-state index in [1.165, 1.54) is 30.8 Å². The molecule has 0 fully saturated rings. The summed E-state index contributed by atoms with van der Waals surface area (Å²) in [4.78, 5) is 23.6. The molecule has 0 saturated carbocycles. The highest BCUT2D eigenvalue weighted by atomic mass is 19.1. The van der Waals surface area contributed by atoms with Crippen molar-refractivity contribution in [3.05, 3.63) is 84.0 Å². The van der Waals surface area contributed by atoms with Gasteiger partial charge in [0.25, 0.3) is 5.91 Å². The normalized spacial score (nSPS) is 13.0. The monoisotopic (exact) mass is 478 g/mol. The van der Waals surface area contributed by atoms with Crippen molar-refractivity contribution in [3.63, 3.8) is 0 Å². The van der Waals surface area contributed by atoms with Crippen molar-refractivity contribution >= 4 is 17.7 Å². The number of ether oxygens (including phenoxy) is 3. The maximum absolute atomic E-state index is 13.9. The molecule has 34 heavy (non-hydrogen) atoms. The Bertz CT molecular complexity index is 1010. The van der Waals surface area contributed by atoms with E-state index in [0.29, 0.717) is 17.4 Å². The number of carbonyl (C=O) groups excluding carboxylic acids is 2. The largest absolute Gasteiger partial charge is 0.491 e. The van der Waals surface area contributed by atoms with Crippen LogP contribution in [0.5, 0.6) is 5.75 Å². The number of benzene rings is 2. The topological polar surface area (TPSA) is 126 Å². The predicted octanol–water partition coefficient (Wildman–Crippen LogP) is 3.26. The minimum Gasteiger partial charge on any atom is -0.491 e. The average Bonchev–Trinajstić information content (AvgIpc) is 2.83. The van der Waals surface area contributed by atoms with Crippen LogP contribution in [0.1, 0.15) is 11.7 Å². The highest BCUT2D eigenvalue weighted by Crippen LogP contribution is 2.27. The summed E-state index contributed by atoms with van der Waals surface area (Å²) < 4.78 is 43.3. The fourth-order valence-corrected chi connectivity index (χ4v) is 2.74. The lowest BCUT2D eigenvalue weighted by atomic mass is 10.0. The van der Waals surface area contributed by atoms with Crippen LogP contribution in [0.2, 0.25) is 0 Å². The molecule has 2 atom stereocenters. The number of amides is 2. The van der Waals surface area contributed by atoms with Gasteiger partial charge in [-0.15, -0.1) is 0 Å². The fraction of sp³-hybridized carbons (Fsp3) is 0.217. The van der Waals surface area contributed by atoms with Gasteiger partial charge in [-0.2, -0.15) is 0 Å². The molecule has 0 aliphatic carbocycles. The number of aliphatic hydroxyl groups excluding tert-OH is 1. The minimum atomic E-state index is -1.03.